The maximum Gasteiger partial charge on any atom is 0.340 e. The van der Waals surface area contributed by atoms with Gasteiger partial charge in [0.15, 0.2) is 0 Å². The van der Waals surface area contributed by atoms with Crippen molar-refractivity contribution in [2.24, 2.45) is 5.41 Å². The van der Waals surface area contributed by atoms with Crippen LogP contribution in [0.3, 0.4) is 0 Å². The fourth-order valence-electron chi connectivity index (χ4n) is 5.53. The maximum absolute atomic E-state index is 12.7. The average molecular weight is 357 g/mol. The lowest BCUT2D eigenvalue weighted by molar-refractivity contribution is 0.0150. The van der Waals surface area contributed by atoms with Gasteiger partial charge in [-0.25, -0.2) is 4.79 Å². The standard InChI is InChI=1S/C22H31NO3/c1-3-26-21(25)17-14-16-15(13-18(17)23-11-4-5-12-23)8-10-22(2)9-6-7-19(24)20(16)22/h13-14,19-20,24H,3-12H2,1-2H3/t19-,20?,22-/m0/s1. The van der Waals surface area contributed by atoms with Crippen LogP contribution in [-0.2, 0) is 11.2 Å². The van der Waals surface area contributed by atoms with E-state index in [2.05, 4.69) is 24.0 Å². The molecule has 0 spiro atoms. The number of hydrogen-bond acceptors (Lipinski definition) is 4. The highest BCUT2D eigenvalue weighted by molar-refractivity contribution is 5.96. The Morgan fingerprint density at radius 2 is 2.04 bits per heavy atom. The number of carbonyl (C=O) groups excluding carboxylic acids is 1. The number of fused-ring (bicyclic) bond motifs is 3. The van der Waals surface area contributed by atoms with Crippen LogP contribution in [0.4, 0.5) is 5.69 Å². The van der Waals surface area contributed by atoms with Crippen LogP contribution in [0, 0.1) is 5.41 Å². The number of hydrogen-bond donors (Lipinski definition) is 1. The first-order valence-corrected chi connectivity index (χ1v) is 10.3. The van der Waals surface area contributed by atoms with Crippen molar-refractivity contribution in [1.29, 1.82) is 0 Å². The van der Waals surface area contributed by atoms with Gasteiger partial charge in [0.1, 0.15) is 0 Å². The highest BCUT2D eigenvalue weighted by atomic mass is 16.5. The molecule has 0 bridgehead atoms. The Hall–Kier alpha value is -1.55. The minimum absolute atomic E-state index is 0.140. The highest BCUT2D eigenvalue weighted by Gasteiger charge is 2.46. The van der Waals surface area contributed by atoms with Crippen LogP contribution in [-0.4, -0.2) is 36.9 Å². The SMILES string of the molecule is CCOC(=O)c1cc2c(cc1N1CCCC1)CC[C@]1(C)CCC[C@H](O)C21. The zero-order valence-corrected chi connectivity index (χ0v) is 16.1. The fourth-order valence-corrected chi connectivity index (χ4v) is 5.53. The van der Waals surface area contributed by atoms with Crippen LogP contribution >= 0.6 is 0 Å². The van der Waals surface area contributed by atoms with Crippen LogP contribution in [0.15, 0.2) is 12.1 Å². The van der Waals surface area contributed by atoms with E-state index in [4.69, 9.17) is 4.74 Å². The van der Waals surface area contributed by atoms with E-state index >= 15 is 0 Å². The number of carbonyl (C=O) groups is 1. The van der Waals surface area contributed by atoms with E-state index in [1.165, 1.54) is 24.0 Å². The van der Waals surface area contributed by atoms with Crippen molar-refractivity contribution in [3.8, 4) is 0 Å². The zero-order chi connectivity index (χ0) is 18.3. The summed E-state index contributed by atoms with van der Waals surface area (Å²) in [6.45, 7) is 6.58. The van der Waals surface area contributed by atoms with Crippen molar-refractivity contribution in [2.45, 2.75) is 70.8 Å². The average Bonchev–Trinajstić information content (AvgIpc) is 3.15. The van der Waals surface area contributed by atoms with E-state index in [-0.39, 0.29) is 23.4 Å². The predicted octanol–water partition coefficient (Wildman–Crippen LogP) is 4.04. The van der Waals surface area contributed by atoms with Crippen LogP contribution < -0.4 is 4.90 Å². The van der Waals surface area contributed by atoms with Crippen molar-refractivity contribution in [3.05, 3.63) is 28.8 Å². The van der Waals surface area contributed by atoms with Gasteiger partial charge in [0, 0.05) is 19.0 Å². The first kappa shape index (κ1) is 17.8. The van der Waals surface area contributed by atoms with E-state index in [0.717, 1.165) is 50.9 Å². The van der Waals surface area contributed by atoms with Crippen LogP contribution in [0.2, 0.25) is 0 Å². The Balaban J connectivity index is 1.81. The Morgan fingerprint density at radius 3 is 2.77 bits per heavy atom. The van der Waals surface area contributed by atoms with Gasteiger partial charge in [-0.2, -0.15) is 0 Å². The third-order valence-corrected chi connectivity index (χ3v) is 6.88. The normalized spacial score (nSPS) is 30.7. The maximum atomic E-state index is 12.7. The lowest BCUT2D eigenvalue weighted by atomic mass is 9.57. The molecule has 1 N–H and O–H groups in total. The van der Waals surface area contributed by atoms with Crippen LogP contribution in [0.25, 0.3) is 0 Å². The third kappa shape index (κ3) is 2.92. The van der Waals surface area contributed by atoms with Crippen molar-refractivity contribution in [2.75, 3.05) is 24.6 Å². The van der Waals surface area contributed by atoms with Gasteiger partial charge in [-0.15, -0.1) is 0 Å². The molecule has 1 heterocycles. The Bertz CT molecular complexity index is 695. The molecule has 1 aromatic carbocycles. The third-order valence-electron chi connectivity index (χ3n) is 6.88. The summed E-state index contributed by atoms with van der Waals surface area (Å²) < 4.78 is 5.38. The number of ether oxygens (including phenoxy) is 1. The van der Waals surface area contributed by atoms with E-state index in [0.29, 0.717) is 12.2 Å². The second kappa shape index (κ2) is 6.88. The summed E-state index contributed by atoms with van der Waals surface area (Å²) >= 11 is 0. The van der Waals surface area contributed by atoms with Crippen LogP contribution in [0.5, 0.6) is 0 Å². The summed E-state index contributed by atoms with van der Waals surface area (Å²) in [6.07, 6.45) is 7.34. The van der Waals surface area contributed by atoms with Gasteiger partial charge in [-0.1, -0.05) is 13.3 Å². The number of nitrogens with zero attached hydrogens (tertiary/aromatic N) is 1. The zero-order valence-electron chi connectivity index (χ0n) is 16.1. The topological polar surface area (TPSA) is 49.8 Å². The second-order valence-electron chi connectivity index (χ2n) is 8.57. The molecular formula is C22H31NO3. The van der Waals surface area contributed by atoms with Crippen molar-refractivity contribution >= 4 is 11.7 Å². The summed E-state index contributed by atoms with van der Waals surface area (Å²) in [5, 5.41) is 10.8. The molecule has 4 nitrogen and oxygen atoms in total. The summed E-state index contributed by atoms with van der Waals surface area (Å²) in [6, 6.07) is 4.30. The Labute approximate surface area is 156 Å². The monoisotopic (exact) mass is 357 g/mol. The van der Waals surface area contributed by atoms with Gasteiger partial charge >= 0.3 is 5.97 Å². The first-order valence-electron chi connectivity index (χ1n) is 10.3. The number of benzene rings is 1. The molecule has 1 aliphatic heterocycles. The lowest BCUT2D eigenvalue weighted by Crippen LogP contribution is -2.42. The highest BCUT2D eigenvalue weighted by Crippen LogP contribution is 2.54. The summed E-state index contributed by atoms with van der Waals surface area (Å²) in [5.41, 5.74) is 4.38. The number of aliphatic hydroxyl groups is 1. The molecule has 4 heteroatoms. The van der Waals surface area contributed by atoms with E-state index in [9.17, 15) is 9.90 Å². The minimum Gasteiger partial charge on any atom is -0.462 e. The largest absolute Gasteiger partial charge is 0.462 e. The first-order chi connectivity index (χ1) is 12.5. The molecular weight excluding hydrogens is 326 g/mol. The molecule has 1 aromatic rings. The smallest absolute Gasteiger partial charge is 0.340 e. The summed E-state index contributed by atoms with van der Waals surface area (Å²) in [7, 11) is 0. The molecule has 2 fully saturated rings. The fraction of sp³-hybridized carbons (Fsp3) is 0.682. The number of esters is 1. The molecule has 2 aliphatic carbocycles. The molecule has 1 unspecified atom stereocenters. The summed E-state index contributed by atoms with van der Waals surface area (Å²) in [4.78, 5) is 15.0. The van der Waals surface area contributed by atoms with E-state index < -0.39 is 0 Å². The number of aryl methyl sites for hydroxylation is 1. The summed E-state index contributed by atoms with van der Waals surface area (Å²) in [5.74, 6) is -0.0874. The molecule has 0 radical (unpaired) electrons. The molecule has 1 saturated heterocycles. The molecule has 0 aromatic heterocycles. The Morgan fingerprint density at radius 1 is 1.27 bits per heavy atom. The number of rotatable bonds is 3. The van der Waals surface area contributed by atoms with Gasteiger partial charge in [0.25, 0.3) is 0 Å². The molecule has 26 heavy (non-hydrogen) atoms. The van der Waals surface area contributed by atoms with E-state index in [1.807, 2.05) is 6.92 Å². The van der Waals surface area contributed by atoms with Gasteiger partial charge in [-0.3, -0.25) is 0 Å². The molecule has 0 amide bonds. The number of aliphatic hydroxyl groups excluding tert-OH is 1. The van der Waals surface area contributed by atoms with Crippen molar-refractivity contribution < 1.29 is 14.6 Å². The lowest BCUT2D eigenvalue weighted by Gasteiger charge is -2.48. The van der Waals surface area contributed by atoms with Gasteiger partial charge in [0.05, 0.1) is 24.0 Å². The van der Waals surface area contributed by atoms with Crippen LogP contribution in [0.1, 0.15) is 79.8 Å². The second-order valence-corrected chi connectivity index (χ2v) is 8.57. The predicted molar refractivity (Wildman–Crippen MR) is 103 cm³/mol. The quantitative estimate of drug-likeness (QED) is 0.830. The van der Waals surface area contributed by atoms with Crippen molar-refractivity contribution in [3.63, 3.8) is 0 Å². The molecule has 3 aliphatic rings. The number of anilines is 1. The minimum atomic E-state index is -0.305. The van der Waals surface area contributed by atoms with Gasteiger partial charge in [-0.05, 0) is 74.1 Å². The molecule has 1 saturated carbocycles. The molecule has 4 rings (SSSR count). The van der Waals surface area contributed by atoms with E-state index in [1.54, 1.807) is 0 Å². The Kier molecular flexibility index (Phi) is 4.72. The molecule has 3 atom stereocenters. The van der Waals surface area contributed by atoms with Crippen molar-refractivity contribution in [1.82, 2.24) is 0 Å². The van der Waals surface area contributed by atoms with Gasteiger partial charge in [0.2, 0.25) is 0 Å². The van der Waals surface area contributed by atoms with Gasteiger partial charge < -0.3 is 14.7 Å². The molecule has 142 valence electrons.